The molecule has 0 aliphatic rings. The van der Waals surface area contributed by atoms with Crippen molar-refractivity contribution in [2.75, 3.05) is 14.2 Å². The topological polar surface area (TPSA) is 99.4 Å². The number of esters is 1. The number of rotatable bonds is 9. The highest BCUT2D eigenvalue weighted by Crippen LogP contribution is 2.27. The number of furan rings is 1. The summed E-state index contributed by atoms with van der Waals surface area (Å²) in [6.07, 6.45) is 5.88. The van der Waals surface area contributed by atoms with E-state index < -0.39 is 5.97 Å². The fourth-order valence-electron chi connectivity index (χ4n) is 2.74. The Morgan fingerprint density at radius 3 is 2.62 bits per heavy atom. The molecule has 0 radical (unpaired) electrons. The van der Waals surface area contributed by atoms with E-state index in [1.165, 1.54) is 31.7 Å². The SMILES string of the molecule is COc1ccc(CC(=O)N/N=C\c2cccc(OC(=O)/C=C/c3ccco3)c2)cc1OC. The molecule has 0 spiro atoms. The van der Waals surface area contributed by atoms with E-state index in [2.05, 4.69) is 10.5 Å². The molecule has 0 fully saturated rings. The molecule has 0 saturated heterocycles. The molecule has 1 heterocycles. The van der Waals surface area contributed by atoms with Crippen LogP contribution in [0.5, 0.6) is 17.2 Å². The normalized spacial score (nSPS) is 10.9. The van der Waals surface area contributed by atoms with Gasteiger partial charge in [-0.2, -0.15) is 5.10 Å². The van der Waals surface area contributed by atoms with Crippen LogP contribution in [0, 0.1) is 0 Å². The van der Waals surface area contributed by atoms with Gasteiger partial charge in [0.25, 0.3) is 0 Å². The van der Waals surface area contributed by atoms with Gasteiger partial charge < -0.3 is 18.6 Å². The molecule has 1 amide bonds. The maximum Gasteiger partial charge on any atom is 0.336 e. The van der Waals surface area contributed by atoms with Crippen LogP contribution >= 0.6 is 0 Å². The molecule has 0 saturated carbocycles. The molecule has 164 valence electrons. The fourth-order valence-corrected chi connectivity index (χ4v) is 2.74. The minimum absolute atomic E-state index is 0.122. The zero-order valence-electron chi connectivity index (χ0n) is 17.6. The minimum Gasteiger partial charge on any atom is -0.493 e. The molecule has 0 bridgehead atoms. The van der Waals surface area contributed by atoms with Gasteiger partial charge in [0.1, 0.15) is 11.5 Å². The maximum absolute atomic E-state index is 12.2. The highest BCUT2D eigenvalue weighted by atomic mass is 16.5. The lowest BCUT2D eigenvalue weighted by Gasteiger charge is -2.09. The Balaban J connectivity index is 1.53. The zero-order chi connectivity index (χ0) is 22.8. The lowest BCUT2D eigenvalue weighted by atomic mass is 10.1. The lowest BCUT2D eigenvalue weighted by molar-refractivity contribution is -0.129. The average Bonchev–Trinajstić information content (AvgIpc) is 3.31. The van der Waals surface area contributed by atoms with Crippen LogP contribution < -0.4 is 19.6 Å². The van der Waals surface area contributed by atoms with Gasteiger partial charge in [0, 0.05) is 6.08 Å². The molecule has 8 heteroatoms. The van der Waals surface area contributed by atoms with Crippen molar-refractivity contribution in [2.24, 2.45) is 5.10 Å². The minimum atomic E-state index is -0.543. The number of methoxy groups -OCH3 is 2. The third-order valence-electron chi connectivity index (χ3n) is 4.22. The summed E-state index contributed by atoms with van der Waals surface area (Å²) in [5, 5.41) is 3.96. The highest BCUT2D eigenvalue weighted by Gasteiger charge is 2.08. The predicted octanol–water partition coefficient (Wildman–Crippen LogP) is 3.61. The van der Waals surface area contributed by atoms with Gasteiger partial charge in [-0.3, -0.25) is 4.79 Å². The number of amides is 1. The van der Waals surface area contributed by atoms with Gasteiger partial charge in [-0.1, -0.05) is 18.2 Å². The van der Waals surface area contributed by atoms with E-state index in [0.29, 0.717) is 28.6 Å². The lowest BCUT2D eigenvalue weighted by Crippen LogP contribution is -2.19. The Kier molecular flexibility index (Phi) is 7.80. The largest absolute Gasteiger partial charge is 0.493 e. The van der Waals surface area contributed by atoms with Crippen molar-refractivity contribution in [3.63, 3.8) is 0 Å². The first-order valence-corrected chi connectivity index (χ1v) is 9.63. The number of hydrazone groups is 1. The first kappa shape index (κ1) is 22.4. The Hall–Kier alpha value is -4.33. The van der Waals surface area contributed by atoms with Crippen LogP contribution in [0.25, 0.3) is 6.08 Å². The zero-order valence-corrected chi connectivity index (χ0v) is 17.6. The van der Waals surface area contributed by atoms with Crippen LogP contribution in [0.3, 0.4) is 0 Å². The van der Waals surface area contributed by atoms with Gasteiger partial charge in [-0.25, -0.2) is 10.2 Å². The third kappa shape index (κ3) is 6.60. The Morgan fingerprint density at radius 1 is 1.03 bits per heavy atom. The van der Waals surface area contributed by atoms with E-state index in [0.717, 1.165) is 5.56 Å². The quantitative estimate of drug-likeness (QED) is 0.182. The van der Waals surface area contributed by atoms with Gasteiger partial charge in [-0.05, 0) is 53.6 Å². The van der Waals surface area contributed by atoms with E-state index >= 15 is 0 Å². The molecular weight excluding hydrogens is 412 g/mol. The van der Waals surface area contributed by atoms with Gasteiger partial charge >= 0.3 is 5.97 Å². The third-order valence-corrected chi connectivity index (χ3v) is 4.22. The molecule has 3 rings (SSSR count). The number of carbonyl (C=O) groups is 2. The van der Waals surface area contributed by atoms with Crippen molar-refractivity contribution < 1.29 is 28.2 Å². The van der Waals surface area contributed by atoms with Crippen LogP contribution in [0.15, 0.2) is 76.5 Å². The standard InChI is InChI=1S/C24H22N2O6/c1-29-21-10-8-17(14-22(21)30-2)15-23(27)26-25-16-18-5-3-6-20(13-18)32-24(28)11-9-19-7-4-12-31-19/h3-14,16H,15H2,1-2H3,(H,26,27)/b11-9+,25-16-. The summed E-state index contributed by atoms with van der Waals surface area (Å²) in [6.45, 7) is 0. The van der Waals surface area contributed by atoms with Crippen molar-refractivity contribution in [3.8, 4) is 17.2 Å². The number of nitrogens with zero attached hydrogens (tertiary/aromatic N) is 1. The number of carbonyl (C=O) groups excluding carboxylic acids is 2. The highest BCUT2D eigenvalue weighted by molar-refractivity contribution is 5.89. The molecule has 1 N–H and O–H groups in total. The number of benzene rings is 2. The van der Waals surface area contributed by atoms with Crippen LogP contribution in [0.1, 0.15) is 16.9 Å². The van der Waals surface area contributed by atoms with E-state index in [-0.39, 0.29) is 12.3 Å². The number of hydrogen-bond donors (Lipinski definition) is 1. The summed E-state index contributed by atoms with van der Waals surface area (Å²) in [5.41, 5.74) is 3.88. The molecule has 2 aromatic carbocycles. The molecule has 0 unspecified atom stereocenters. The van der Waals surface area contributed by atoms with Gasteiger partial charge in [0.15, 0.2) is 11.5 Å². The Morgan fingerprint density at radius 2 is 1.88 bits per heavy atom. The second kappa shape index (κ2) is 11.2. The fraction of sp³-hybridized carbons (Fsp3) is 0.125. The summed E-state index contributed by atoms with van der Waals surface area (Å²) < 4.78 is 20.8. The van der Waals surface area contributed by atoms with E-state index in [1.807, 2.05) is 0 Å². The second-order valence-electron chi connectivity index (χ2n) is 6.50. The van der Waals surface area contributed by atoms with Crippen molar-refractivity contribution in [2.45, 2.75) is 6.42 Å². The first-order valence-electron chi connectivity index (χ1n) is 9.63. The molecular formula is C24H22N2O6. The predicted molar refractivity (Wildman–Crippen MR) is 119 cm³/mol. The number of hydrogen-bond acceptors (Lipinski definition) is 7. The Labute approximate surface area is 185 Å². The van der Waals surface area contributed by atoms with E-state index in [9.17, 15) is 9.59 Å². The van der Waals surface area contributed by atoms with Gasteiger partial charge in [0.2, 0.25) is 5.91 Å². The molecule has 32 heavy (non-hydrogen) atoms. The van der Waals surface area contributed by atoms with Crippen LogP contribution in [-0.2, 0) is 16.0 Å². The first-order chi connectivity index (χ1) is 15.6. The van der Waals surface area contributed by atoms with Crippen molar-refractivity contribution >= 4 is 24.2 Å². The van der Waals surface area contributed by atoms with Crippen LogP contribution in [-0.4, -0.2) is 32.3 Å². The maximum atomic E-state index is 12.2. The van der Waals surface area contributed by atoms with E-state index in [4.69, 9.17) is 18.6 Å². The Bertz CT molecular complexity index is 1120. The van der Waals surface area contributed by atoms with Crippen LogP contribution in [0.2, 0.25) is 0 Å². The van der Waals surface area contributed by atoms with Crippen molar-refractivity contribution in [1.29, 1.82) is 0 Å². The summed E-state index contributed by atoms with van der Waals surface area (Å²) in [4.78, 5) is 24.1. The van der Waals surface area contributed by atoms with Crippen LogP contribution in [0.4, 0.5) is 0 Å². The molecule has 1 aromatic heterocycles. The average molecular weight is 434 g/mol. The van der Waals surface area contributed by atoms with E-state index in [1.54, 1.807) is 61.7 Å². The summed E-state index contributed by atoms with van der Waals surface area (Å²) in [6, 6.07) is 15.4. The number of nitrogens with one attached hydrogen (secondary N) is 1. The summed E-state index contributed by atoms with van der Waals surface area (Å²) >= 11 is 0. The summed E-state index contributed by atoms with van der Waals surface area (Å²) in [7, 11) is 3.08. The summed E-state index contributed by atoms with van der Waals surface area (Å²) in [5.74, 6) is 1.20. The van der Waals surface area contributed by atoms with Gasteiger partial charge in [0.05, 0.1) is 33.1 Å². The molecule has 0 atom stereocenters. The van der Waals surface area contributed by atoms with Gasteiger partial charge in [-0.15, -0.1) is 0 Å². The monoisotopic (exact) mass is 434 g/mol. The van der Waals surface area contributed by atoms with Crippen molar-refractivity contribution in [3.05, 3.63) is 83.8 Å². The second-order valence-corrected chi connectivity index (χ2v) is 6.50. The van der Waals surface area contributed by atoms with Crippen molar-refractivity contribution in [1.82, 2.24) is 5.43 Å². The molecule has 0 aliphatic heterocycles. The number of ether oxygens (including phenoxy) is 3. The molecule has 0 aliphatic carbocycles. The molecule has 8 nitrogen and oxygen atoms in total. The molecule has 3 aromatic rings. The smallest absolute Gasteiger partial charge is 0.336 e.